The van der Waals surface area contributed by atoms with Gasteiger partial charge in [0.1, 0.15) is 5.82 Å². The largest absolute Gasteiger partial charge is 0.376 e. The number of benzene rings is 1. The summed E-state index contributed by atoms with van der Waals surface area (Å²) in [4.78, 5) is 24.7. The highest BCUT2D eigenvalue weighted by Crippen LogP contribution is 2.32. The fraction of sp³-hybridized carbons (Fsp3) is 0.421. The average Bonchev–Trinajstić information content (AvgIpc) is 3.31. The number of amides is 2. The third kappa shape index (κ3) is 3.99. The second-order valence-corrected chi connectivity index (χ2v) is 7.36. The molecule has 2 N–H and O–H groups in total. The van der Waals surface area contributed by atoms with E-state index in [9.17, 15) is 9.59 Å². The summed E-state index contributed by atoms with van der Waals surface area (Å²) < 4.78 is 7.24. The Morgan fingerprint density at radius 1 is 1.37 bits per heavy atom. The van der Waals surface area contributed by atoms with Crippen molar-refractivity contribution in [2.45, 2.75) is 31.9 Å². The van der Waals surface area contributed by atoms with Gasteiger partial charge < -0.3 is 15.4 Å². The van der Waals surface area contributed by atoms with E-state index in [-0.39, 0.29) is 24.3 Å². The predicted octanol–water partition coefficient (Wildman–Crippen LogP) is 2.46. The van der Waals surface area contributed by atoms with Crippen molar-refractivity contribution < 1.29 is 14.3 Å². The molecule has 2 atom stereocenters. The number of carbonyl (C=O) groups is 2. The molecule has 2 aromatic rings. The molecule has 1 saturated heterocycles. The van der Waals surface area contributed by atoms with Gasteiger partial charge in [0.15, 0.2) is 0 Å². The van der Waals surface area contributed by atoms with Gasteiger partial charge in [-0.2, -0.15) is 5.10 Å². The van der Waals surface area contributed by atoms with Gasteiger partial charge in [-0.05, 0) is 30.5 Å². The molecule has 0 bridgehead atoms. The van der Waals surface area contributed by atoms with Crippen molar-refractivity contribution in [1.82, 2.24) is 15.1 Å². The van der Waals surface area contributed by atoms with Gasteiger partial charge in [0.25, 0.3) is 0 Å². The highest BCUT2D eigenvalue weighted by atomic mass is 35.5. The number of nitrogens with one attached hydrogen (secondary N) is 2. The highest BCUT2D eigenvalue weighted by molar-refractivity contribution is 6.30. The van der Waals surface area contributed by atoms with Crippen LogP contribution in [0.15, 0.2) is 30.5 Å². The minimum atomic E-state index is -0.444. The summed E-state index contributed by atoms with van der Waals surface area (Å²) >= 11 is 5.94. The predicted molar refractivity (Wildman–Crippen MR) is 101 cm³/mol. The number of nitrogens with zero attached hydrogens (tertiary/aromatic N) is 2. The summed E-state index contributed by atoms with van der Waals surface area (Å²) in [6, 6.07) is 7.37. The molecule has 2 aliphatic heterocycles. The third-order valence-electron chi connectivity index (χ3n) is 4.98. The molecule has 8 heteroatoms. The van der Waals surface area contributed by atoms with Crippen LogP contribution in [0.2, 0.25) is 5.02 Å². The zero-order valence-electron chi connectivity index (χ0n) is 14.8. The van der Waals surface area contributed by atoms with Crippen molar-refractivity contribution in [1.29, 1.82) is 0 Å². The number of halogens is 1. The van der Waals surface area contributed by atoms with Gasteiger partial charge in [0, 0.05) is 30.2 Å². The fourth-order valence-electron chi connectivity index (χ4n) is 3.49. The van der Waals surface area contributed by atoms with Crippen LogP contribution in [-0.4, -0.2) is 40.9 Å². The number of aromatic nitrogens is 2. The van der Waals surface area contributed by atoms with Crippen LogP contribution in [0.25, 0.3) is 11.1 Å². The smallest absolute Gasteiger partial charge is 0.231 e. The standard InChI is InChI=1S/C19H21ClN4O3/c20-14-5-3-12(4-6-14)16-10-22-24-11-13(19(26)23-18(16)24)8-17(25)21-9-15-2-1-7-27-15/h3-6,10,13,15H,1-2,7-9,11H2,(H,21,25)(H,23,26)/t13-,15-/m0/s1. The highest BCUT2D eigenvalue weighted by Gasteiger charge is 2.31. The number of anilines is 1. The normalized spacial score (nSPS) is 21.6. The SMILES string of the molecule is O=C(C[C@H]1Cn2ncc(-c3ccc(Cl)cc3)c2NC1=O)NC[C@@H]1CCCO1. The van der Waals surface area contributed by atoms with E-state index in [1.165, 1.54) is 0 Å². The Bertz CT molecular complexity index is 843. The topological polar surface area (TPSA) is 85.2 Å². The summed E-state index contributed by atoms with van der Waals surface area (Å²) in [5.74, 6) is -0.0945. The van der Waals surface area contributed by atoms with Crippen molar-refractivity contribution >= 4 is 29.2 Å². The van der Waals surface area contributed by atoms with E-state index in [1.807, 2.05) is 12.1 Å². The van der Waals surface area contributed by atoms with Crippen molar-refractivity contribution in [3.63, 3.8) is 0 Å². The number of fused-ring (bicyclic) bond motifs is 1. The van der Waals surface area contributed by atoms with E-state index in [2.05, 4.69) is 15.7 Å². The maximum atomic E-state index is 12.5. The first-order valence-electron chi connectivity index (χ1n) is 9.11. The van der Waals surface area contributed by atoms with Crippen LogP contribution in [0.3, 0.4) is 0 Å². The van der Waals surface area contributed by atoms with E-state index < -0.39 is 5.92 Å². The summed E-state index contributed by atoms with van der Waals surface area (Å²) in [6.45, 7) is 1.63. The van der Waals surface area contributed by atoms with Gasteiger partial charge in [-0.1, -0.05) is 23.7 Å². The van der Waals surface area contributed by atoms with E-state index in [1.54, 1.807) is 23.0 Å². The molecule has 1 aromatic carbocycles. The van der Waals surface area contributed by atoms with Gasteiger partial charge in [-0.25, -0.2) is 4.68 Å². The zero-order chi connectivity index (χ0) is 18.8. The Hall–Kier alpha value is -2.38. The van der Waals surface area contributed by atoms with Gasteiger partial charge in [0.05, 0.1) is 24.8 Å². The van der Waals surface area contributed by atoms with Crippen LogP contribution in [0.4, 0.5) is 5.82 Å². The van der Waals surface area contributed by atoms with Crippen LogP contribution in [0.5, 0.6) is 0 Å². The van der Waals surface area contributed by atoms with E-state index in [0.29, 0.717) is 23.9 Å². The Labute approximate surface area is 162 Å². The first kappa shape index (κ1) is 18.0. The first-order chi connectivity index (χ1) is 13.1. The Morgan fingerprint density at radius 3 is 2.93 bits per heavy atom. The summed E-state index contributed by atoms with van der Waals surface area (Å²) in [7, 11) is 0. The molecule has 4 rings (SSSR count). The van der Waals surface area contributed by atoms with Crippen LogP contribution >= 0.6 is 11.6 Å². The molecule has 0 aliphatic carbocycles. The number of hydrogen-bond acceptors (Lipinski definition) is 4. The molecule has 1 aromatic heterocycles. The first-order valence-corrected chi connectivity index (χ1v) is 9.49. The number of hydrogen-bond donors (Lipinski definition) is 2. The molecular formula is C19H21ClN4O3. The zero-order valence-corrected chi connectivity index (χ0v) is 15.5. The van der Waals surface area contributed by atoms with Gasteiger partial charge in [-0.15, -0.1) is 0 Å². The number of carbonyl (C=O) groups excluding carboxylic acids is 2. The maximum absolute atomic E-state index is 12.5. The van der Waals surface area contributed by atoms with E-state index in [0.717, 1.165) is 30.6 Å². The lowest BCUT2D eigenvalue weighted by Gasteiger charge is -2.24. The minimum absolute atomic E-state index is 0.0915. The van der Waals surface area contributed by atoms with Crippen molar-refractivity contribution in [2.75, 3.05) is 18.5 Å². The van der Waals surface area contributed by atoms with Crippen LogP contribution in [0, 0.1) is 5.92 Å². The Kier molecular flexibility index (Phi) is 5.13. The molecule has 0 saturated carbocycles. The molecule has 27 heavy (non-hydrogen) atoms. The number of ether oxygens (including phenoxy) is 1. The molecule has 2 aliphatic rings. The lowest BCUT2D eigenvalue weighted by Crippen LogP contribution is -2.39. The van der Waals surface area contributed by atoms with Gasteiger partial charge in [-0.3, -0.25) is 9.59 Å². The molecule has 3 heterocycles. The van der Waals surface area contributed by atoms with Crippen molar-refractivity contribution in [2.24, 2.45) is 5.92 Å². The second kappa shape index (κ2) is 7.70. The molecule has 142 valence electrons. The van der Waals surface area contributed by atoms with Crippen LogP contribution in [0.1, 0.15) is 19.3 Å². The molecule has 0 spiro atoms. The summed E-state index contributed by atoms with van der Waals surface area (Å²) in [5, 5.41) is 10.8. The summed E-state index contributed by atoms with van der Waals surface area (Å²) in [6.07, 6.45) is 3.94. The average molecular weight is 389 g/mol. The summed E-state index contributed by atoms with van der Waals surface area (Å²) in [5.41, 5.74) is 1.76. The van der Waals surface area contributed by atoms with E-state index >= 15 is 0 Å². The van der Waals surface area contributed by atoms with Crippen molar-refractivity contribution in [3.8, 4) is 11.1 Å². The molecular weight excluding hydrogens is 368 g/mol. The quantitative estimate of drug-likeness (QED) is 0.823. The molecule has 2 amide bonds. The third-order valence-corrected chi connectivity index (χ3v) is 5.24. The van der Waals surface area contributed by atoms with E-state index in [4.69, 9.17) is 16.3 Å². The van der Waals surface area contributed by atoms with Crippen LogP contribution < -0.4 is 10.6 Å². The lowest BCUT2D eigenvalue weighted by molar-refractivity contribution is -0.128. The van der Waals surface area contributed by atoms with Crippen LogP contribution in [-0.2, 0) is 20.9 Å². The molecule has 0 radical (unpaired) electrons. The van der Waals surface area contributed by atoms with Gasteiger partial charge >= 0.3 is 0 Å². The molecule has 1 fully saturated rings. The lowest BCUT2D eigenvalue weighted by atomic mass is 10.0. The Balaban J connectivity index is 1.40. The minimum Gasteiger partial charge on any atom is -0.376 e. The Morgan fingerprint density at radius 2 is 2.19 bits per heavy atom. The second-order valence-electron chi connectivity index (χ2n) is 6.93. The fourth-order valence-corrected chi connectivity index (χ4v) is 3.62. The maximum Gasteiger partial charge on any atom is 0.231 e. The number of rotatable bonds is 5. The van der Waals surface area contributed by atoms with Crippen molar-refractivity contribution in [3.05, 3.63) is 35.5 Å². The molecule has 0 unspecified atom stereocenters. The van der Waals surface area contributed by atoms with Gasteiger partial charge in [0.2, 0.25) is 11.8 Å². The monoisotopic (exact) mass is 388 g/mol. The molecule has 7 nitrogen and oxygen atoms in total.